The van der Waals surface area contributed by atoms with Crippen LogP contribution < -0.4 is 10.6 Å². The minimum Gasteiger partial charge on any atom is -0.340 e. The van der Waals surface area contributed by atoms with E-state index in [0.717, 1.165) is 17.7 Å². The van der Waals surface area contributed by atoms with Crippen LogP contribution in [0.4, 0.5) is 30.4 Å². The minimum absolute atomic E-state index is 0.255. The molecular formula is C28H19F3N4O. The molecule has 0 saturated carbocycles. The number of halogens is 3. The molecule has 0 fully saturated rings. The van der Waals surface area contributed by atoms with E-state index in [-0.39, 0.29) is 11.6 Å². The maximum Gasteiger partial charge on any atom is 0.416 e. The number of hydrogen-bond donors (Lipinski definition) is 2. The fourth-order valence-electron chi connectivity index (χ4n) is 3.78. The number of anilines is 3. The summed E-state index contributed by atoms with van der Waals surface area (Å²) in [6, 6.07) is 26.8. The van der Waals surface area contributed by atoms with Crippen LogP contribution in [0.3, 0.4) is 0 Å². The summed E-state index contributed by atoms with van der Waals surface area (Å²) < 4.78 is 38.9. The van der Waals surface area contributed by atoms with Crippen molar-refractivity contribution < 1.29 is 18.0 Å². The summed E-state index contributed by atoms with van der Waals surface area (Å²) in [7, 11) is 0. The monoisotopic (exact) mass is 484 g/mol. The van der Waals surface area contributed by atoms with Crippen molar-refractivity contribution in [2.75, 3.05) is 10.6 Å². The van der Waals surface area contributed by atoms with Gasteiger partial charge in [0.2, 0.25) is 0 Å². The lowest BCUT2D eigenvalue weighted by molar-refractivity contribution is -0.137. The zero-order chi connectivity index (χ0) is 25.1. The molecule has 0 bridgehead atoms. The highest BCUT2D eigenvalue weighted by Crippen LogP contribution is 2.31. The molecule has 8 heteroatoms. The van der Waals surface area contributed by atoms with Gasteiger partial charge in [0.1, 0.15) is 5.82 Å². The average molecular weight is 484 g/mol. The van der Waals surface area contributed by atoms with Gasteiger partial charge in [0.25, 0.3) is 5.91 Å². The number of para-hydroxylation sites is 1. The van der Waals surface area contributed by atoms with Crippen LogP contribution in [0, 0.1) is 0 Å². The Morgan fingerprint density at radius 1 is 0.778 bits per heavy atom. The second-order valence-electron chi connectivity index (χ2n) is 8.03. The molecule has 178 valence electrons. The number of rotatable bonds is 5. The van der Waals surface area contributed by atoms with Gasteiger partial charge in [0.15, 0.2) is 0 Å². The van der Waals surface area contributed by atoms with Crippen LogP contribution in [0.5, 0.6) is 0 Å². The summed E-state index contributed by atoms with van der Waals surface area (Å²) in [6.45, 7) is 0. The second-order valence-corrected chi connectivity index (χ2v) is 8.03. The Labute approximate surface area is 204 Å². The van der Waals surface area contributed by atoms with E-state index >= 15 is 0 Å². The number of carbonyl (C=O) groups excluding carboxylic acids is 1. The second kappa shape index (κ2) is 9.50. The lowest BCUT2D eigenvalue weighted by Crippen LogP contribution is -2.13. The summed E-state index contributed by atoms with van der Waals surface area (Å²) >= 11 is 0. The lowest BCUT2D eigenvalue weighted by Gasteiger charge is -2.12. The predicted octanol–water partition coefficient (Wildman–Crippen LogP) is 7.31. The van der Waals surface area contributed by atoms with Crippen molar-refractivity contribution in [3.8, 4) is 11.3 Å². The van der Waals surface area contributed by atoms with E-state index in [4.69, 9.17) is 4.98 Å². The van der Waals surface area contributed by atoms with Gasteiger partial charge in [0, 0.05) is 16.6 Å². The molecule has 0 radical (unpaired) electrons. The quantitative estimate of drug-likeness (QED) is 0.274. The summed E-state index contributed by atoms with van der Waals surface area (Å²) in [5.74, 6) is 0.0132. The van der Waals surface area contributed by atoms with Crippen molar-refractivity contribution in [1.82, 2.24) is 9.97 Å². The van der Waals surface area contributed by atoms with Crippen LogP contribution >= 0.6 is 0 Å². The molecule has 0 aliphatic rings. The predicted molar refractivity (Wildman–Crippen MR) is 134 cm³/mol. The van der Waals surface area contributed by atoms with E-state index in [1.807, 2.05) is 54.6 Å². The number of pyridine rings is 2. The van der Waals surface area contributed by atoms with Gasteiger partial charge in [-0.1, -0.05) is 54.6 Å². The van der Waals surface area contributed by atoms with Gasteiger partial charge in [-0.25, -0.2) is 9.97 Å². The Morgan fingerprint density at radius 3 is 2.31 bits per heavy atom. The largest absolute Gasteiger partial charge is 0.416 e. The highest BCUT2D eigenvalue weighted by molar-refractivity contribution is 6.13. The molecule has 0 unspecified atom stereocenters. The van der Waals surface area contributed by atoms with E-state index in [1.54, 1.807) is 18.2 Å². The molecule has 5 nitrogen and oxygen atoms in total. The standard InChI is InChI=1S/C28H19F3N4O/c29-28(30,31)19-9-6-10-20(15-19)33-26-14-13-21(17-32-26)34-27(36)23-16-25(18-7-2-1-3-8-18)35-24-12-5-4-11-22(23)24/h1-17H,(H,32,33)(H,34,36). The van der Waals surface area contributed by atoms with Crippen LogP contribution in [0.25, 0.3) is 22.2 Å². The fourth-order valence-corrected chi connectivity index (χ4v) is 3.78. The van der Waals surface area contributed by atoms with Crippen molar-refractivity contribution >= 4 is 34.0 Å². The maximum absolute atomic E-state index is 13.2. The van der Waals surface area contributed by atoms with Crippen LogP contribution in [0.15, 0.2) is 103 Å². The van der Waals surface area contributed by atoms with E-state index < -0.39 is 11.7 Å². The van der Waals surface area contributed by atoms with Crippen LogP contribution in [-0.4, -0.2) is 15.9 Å². The summed E-state index contributed by atoms with van der Waals surface area (Å²) in [4.78, 5) is 22.1. The Kier molecular flexibility index (Phi) is 6.08. The molecule has 0 atom stereocenters. The van der Waals surface area contributed by atoms with Crippen LogP contribution in [0.2, 0.25) is 0 Å². The molecule has 2 aromatic heterocycles. The smallest absolute Gasteiger partial charge is 0.340 e. The number of hydrogen-bond acceptors (Lipinski definition) is 4. The molecule has 0 saturated heterocycles. The molecule has 5 rings (SSSR count). The molecule has 1 amide bonds. The van der Waals surface area contributed by atoms with Gasteiger partial charge in [-0.05, 0) is 42.5 Å². The highest BCUT2D eigenvalue weighted by Gasteiger charge is 2.30. The lowest BCUT2D eigenvalue weighted by atomic mass is 10.0. The first kappa shape index (κ1) is 23.0. The van der Waals surface area contributed by atoms with Gasteiger partial charge < -0.3 is 10.6 Å². The van der Waals surface area contributed by atoms with Gasteiger partial charge in [-0.15, -0.1) is 0 Å². The first-order valence-electron chi connectivity index (χ1n) is 11.0. The third kappa shape index (κ3) is 5.02. The van der Waals surface area contributed by atoms with Crippen molar-refractivity contribution in [3.05, 3.63) is 114 Å². The molecule has 2 N–H and O–H groups in total. The molecule has 0 aliphatic heterocycles. The number of benzene rings is 3. The topological polar surface area (TPSA) is 66.9 Å². The van der Waals surface area contributed by atoms with E-state index in [1.165, 1.54) is 18.3 Å². The summed E-state index contributed by atoms with van der Waals surface area (Å²) in [5.41, 5.74) is 2.67. The van der Waals surface area contributed by atoms with Crippen molar-refractivity contribution in [3.63, 3.8) is 0 Å². The van der Waals surface area contributed by atoms with Crippen molar-refractivity contribution in [2.45, 2.75) is 6.18 Å². The third-order valence-corrected chi connectivity index (χ3v) is 5.51. The average Bonchev–Trinajstić information content (AvgIpc) is 2.89. The van der Waals surface area contributed by atoms with Crippen molar-refractivity contribution in [2.24, 2.45) is 0 Å². The zero-order valence-electron chi connectivity index (χ0n) is 18.8. The number of alkyl halides is 3. The molecule has 3 aromatic carbocycles. The first-order chi connectivity index (χ1) is 17.4. The van der Waals surface area contributed by atoms with Gasteiger partial charge in [-0.3, -0.25) is 4.79 Å². The van der Waals surface area contributed by atoms with Gasteiger partial charge >= 0.3 is 6.18 Å². The number of nitrogens with zero attached hydrogens (tertiary/aromatic N) is 2. The van der Waals surface area contributed by atoms with Crippen LogP contribution in [-0.2, 0) is 6.18 Å². The van der Waals surface area contributed by atoms with E-state index in [2.05, 4.69) is 15.6 Å². The minimum atomic E-state index is -4.43. The SMILES string of the molecule is O=C(Nc1ccc(Nc2cccc(C(F)(F)F)c2)nc1)c1cc(-c2ccccc2)nc2ccccc12. The van der Waals surface area contributed by atoms with E-state index in [0.29, 0.717) is 33.7 Å². The number of carbonyl (C=O) groups is 1. The molecular weight excluding hydrogens is 465 g/mol. The first-order valence-corrected chi connectivity index (χ1v) is 11.0. The summed E-state index contributed by atoms with van der Waals surface area (Å²) in [5, 5.41) is 6.40. The zero-order valence-corrected chi connectivity index (χ0v) is 18.8. The normalized spacial score (nSPS) is 11.3. The fraction of sp³-hybridized carbons (Fsp3) is 0.0357. The maximum atomic E-state index is 13.2. The van der Waals surface area contributed by atoms with E-state index in [9.17, 15) is 18.0 Å². The number of nitrogens with one attached hydrogen (secondary N) is 2. The Balaban J connectivity index is 1.37. The Hall–Kier alpha value is -4.72. The van der Waals surface area contributed by atoms with Gasteiger partial charge in [-0.2, -0.15) is 13.2 Å². The number of amides is 1. The van der Waals surface area contributed by atoms with Crippen molar-refractivity contribution in [1.29, 1.82) is 0 Å². The Morgan fingerprint density at radius 2 is 1.56 bits per heavy atom. The van der Waals surface area contributed by atoms with Crippen LogP contribution in [0.1, 0.15) is 15.9 Å². The Bertz CT molecular complexity index is 1530. The third-order valence-electron chi connectivity index (χ3n) is 5.51. The molecule has 2 heterocycles. The molecule has 0 aliphatic carbocycles. The molecule has 0 spiro atoms. The molecule has 5 aromatic rings. The van der Waals surface area contributed by atoms with Gasteiger partial charge in [0.05, 0.1) is 34.2 Å². The summed E-state index contributed by atoms with van der Waals surface area (Å²) in [6.07, 6.45) is -2.99. The highest BCUT2D eigenvalue weighted by atomic mass is 19.4. The number of aromatic nitrogens is 2. The number of fused-ring (bicyclic) bond motifs is 1. The molecule has 36 heavy (non-hydrogen) atoms.